The van der Waals surface area contributed by atoms with Gasteiger partial charge in [-0.25, -0.2) is 21.6 Å². The molecule has 5 rings (SSSR count). The Bertz CT molecular complexity index is 1410. The van der Waals surface area contributed by atoms with E-state index in [9.17, 15) is 22.0 Å². The molecular formula is C27H25ClF3NO4S. The first-order chi connectivity index (χ1) is 17.6. The summed E-state index contributed by atoms with van der Waals surface area (Å²) < 4.78 is 76.6. The summed E-state index contributed by atoms with van der Waals surface area (Å²) >= 11 is 6.10. The van der Waals surface area contributed by atoms with Gasteiger partial charge in [-0.3, -0.25) is 4.79 Å². The number of sulfone groups is 1. The van der Waals surface area contributed by atoms with Gasteiger partial charge in [-0.2, -0.15) is 0 Å². The molecule has 2 aliphatic heterocycles. The third kappa shape index (κ3) is 4.16. The standard InChI is InChI=1S/C27H25ClF3NO4S/c1-16-13-18(28)5-10-22(16)37(34,35)27-11-2-12-32(24(33)14-17-3-6-19(29)7-4-17)23(27)15-36-26-21(31)9-8-20(30)25(26)27/h3-10,13,16,22-23H,2,11-12,14-15H2,1H3/t16?,22?,23-,27+/m0/s1. The van der Waals surface area contributed by atoms with Crippen LogP contribution in [0.5, 0.6) is 5.75 Å². The second kappa shape index (κ2) is 9.51. The van der Waals surface area contributed by atoms with Crippen molar-refractivity contribution in [3.8, 4) is 5.75 Å². The number of allylic oxidation sites excluding steroid dienone is 3. The van der Waals surface area contributed by atoms with Crippen LogP contribution < -0.4 is 4.74 Å². The average molecular weight is 552 g/mol. The Morgan fingerprint density at radius 2 is 1.84 bits per heavy atom. The van der Waals surface area contributed by atoms with Crippen molar-refractivity contribution in [1.82, 2.24) is 4.90 Å². The highest BCUT2D eigenvalue weighted by Gasteiger charge is 2.63. The second-order valence-electron chi connectivity index (χ2n) is 9.72. The molecule has 0 bridgehead atoms. The highest BCUT2D eigenvalue weighted by atomic mass is 35.5. The van der Waals surface area contributed by atoms with Gasteiger partial charge in [-0.15, -0.1) is 0 Å². The SMILES string of the molecule is CC1C=C(Cl)C=CC1S(=O)(=O)[C@]12CCCN(C(=O)Cc3ccc(F)cc3)[C@H]1COc1c(F)ccc(F)c12. The quantitative estimate of drug-likeness (QED) is 0.534. The Morgan fingerprint density at radius 1 is 1.14 bits per heavy atom. The van der Waals surface area contributed by atoms with Gasteiger partial charge in [-0.1, -0.05) is 42.8 Å². The third-order valence-electron chi connectivity index (χ3n) is 7.57. The summed E-state index contributed by atoms with van der Waals surface area (Å²) in [6.07, 6.45) is 4.70. The maximum Gasteiger partial charge on any atom is 0.227 e. The number of halogens is 4. The Balaban J connectivity index is 1.65. The van der Waals surface area contributed by atoms with Gasteiger partial charge in [0.05, 0.1) is 23.3 Å². The number of ether oxygens (including phenoxy) is 1. The third-order valence-corrected chi connectivity index (χ3v) is 10.8. The lowest BCUT2D eigenvalue weighted by Gasteiger charge is -2.53. The molecule has 1 saturated heterocycles. The predicted octanol–water partition coefficient (Wildman–Crippen LogP) is 5.04. The van der Waals surface area contributed by atoms with Gasteiger partial charge in [0.1, 0.15) is 23.0 Å². The summed E-state index contributed by atoms with van der Waals surface area (Å²) in [6, 6.07) is 6.14. The molecule has 5 nitrogen and oxygen atoms in total. The van der Waals surface area contributed by atoms with Gasteiger partial charge in [0.15, 0.2) is 21.4 Å². The van der Waals surface area contributed by atoms with Crippen molar-refractivity contribution in [2.24, 2.45) is 5.92 Å². The number of carbonyl (C=O) groups is 1. The molecule has 1 aliphatic carbocycles. The largest absolute Gasteiger partial charge is 0.488 e. The number of hydrogen-bond donors (Lipinski definition) is 0. The fourth-order valence-electron chi connectivity index (χ4n) is 5.88. The maximum absolute atomic E-state index is 15.5. The zero-order valence-electron chi connectivity index (χ0n) is 20.0. The summed E-state index contributed by atoms with van der Waals surface area (Å²) in [6.45, 7) is 1.60. The highest BCUT2D eigenvalue weighted by molar-refractivity contribution is 7.93. The van der Waals surface area contributed by atoms with Crippen molar-refractivity contribution < 1.29 is 31.1 Å². The maximum atomic E-state index is 15.5. The van der Waals surface area contributed by atoms with Crippen LogP contribution in [-0.2, 0) is 25.8 Å². The summed E-state index contributed by atoms with van der Waals surface area (Å²) in [5.41, 5.74) is 0.174. The lowest BCUT2D eigenvalue weighted by Crippen LogP contribution is -2.66. The fourth-order valence-corrected chi connectivity index (χ4v) is 9.04. The van der Waals surface area contributed by atoms with Crippen LogP contribution in [0.25, 0.3) is 0 Å². The van der Waals surface area contributed by atoms with Crippen LogP contribution in [0, 0.1) is 23.4 Å². The number of benzene rings is 2. The van der Waals surface area contributed by atoms with E-state index in [1.54, 1.807) is 13.0 Å². The zero-order valence-corrected chi connectivity index (χ0v) is 21.5. The van der Waals surface area contributed by atoms with Crippen LogP contribution >= 0.6 is 11.6 Å². The monoisotopic (exact) mass is 551 g/mol. The number of amides is 1. The van der Waals surface area contributed by atoms with E-state index in [2.05, 4.69) is 0 Å². The number of piperidine rings is 1. The lowest BCUT2D eigenvalue weighted by molar-refractivity contribution is -0.137. The number of fused-ring (bicyclic) bond motifs is 3. The number of rotatable bonds is 4. The first kappa shape index (κ1) is 25.9. The van der Waals surface area contributed by atoms with Crippen molar-refractivity contribution in [2.75, 3.05) is 13.2 Å². The Hall–Kier alpha value is -2.78. The summed E-state index contributed by atoms with van der Waals surface area (Å²) in [5, 5.41) is -0.685. The molecule has 2 unspecified atom stereocenters. The first-order valence-electron chi connectivity index (χ1n) is 12.0. The number of carbonyl (C=O) groups excluding carboxylic acids is 1. The minimum absolute atomic E-state index is 0.00837. The molecule has 37 heavy (non-hydrogen) atoms. The summed E-state index contributed by atoms with van der Waals surface area (Å²) in [4.78, 5) is 14.9. The van der Waals surface area contributed by atoms with Crippen LogP contribution in [0.3, 0.4) is 0 Å². The smallest absolute Gasteiger partial charge is 0.227 e. The molecule has 2 aromatic rings. The second-order valence-corrected chi connectivity index (χ2v) is 12.5. The molecule has 196 valence electrons. The van der Waals surface area contributed by atoms with Crippen molar-refractivity contribution in [3.05, 3.63) is 88.2 Å². The van der Waals surface area contributed by atoms with E-state index >= 15 is 4.39 Å². The molecule has 0 radical (unpaired) electrons. The van der Waals surface area contributed by atoms with Gasteiger partial charge in [-0.05, 0) is 54.7 Å². The van der Waals surface area contributed by atoms with Crippen LogP contribution in [0.4, 0.5) is 13.2 Å². The van der Waals surface area contributed by atoms with Crippen LogP contribution in [0.1, 0.15) is 30.9 Å². The van der Waals surface area contributed by atoms with Crippen LogP contribution in [0.15, 0.2) is 59.7 Å². The van der Waals surface area contributed by atoms with E-state index in [-0.39, 0.29) is 38.0 Å². The number of nitrogens with zero attached hydrogens (tertiary/aromatic N) is 1. The van der Waals surface area contributed by atoms with Crippen LogP contribution in [-0.4, -0.2) is 43.7 Å². The topological polar surface area (TPSA) is 63.7 Å². The van der Waals surface area contributed by atoms with E-state index in [0.29, 0.717) is 10.6 Å². The minimum Gasteiger partial charge on any atom is -0.488 e. The van der Waals surface area contributed by atoms with Gasteiger partial charge >= 0.3 is 0 Å². The minimum atomic E-state index is -4.30. The van der Waals surface area contributed by atoms with Crippen molar-refractivity contribution >= 4 is 27.3 Å². The highest BCUT2D eigenvalue weighted by Crippen LogP contribution is 2.54. The van der Waals surface area contributed by atoms with Crippen molar-refractivity contribution in [1.29, 1.82) is 0 Å². The fraction of sp³-hybridized carbons (Fsp3) is 0.370. The van der Waals surface area contributed by atoms with E-state index in [1.807, 2.05) is 0 Å². The van der Waals surface area contributed by atoms with E-state index < -0.39 is 60.9 Å². The van der Waals surface area contributed by atoms with Gasteiger partial charge in [0, 0.05) is 11.6 Å². The van der Waals surface area contributed by atoms with Gasteiger partial charge in [0.25, 0.3) is 0 Å². The molecule has 10 heteroatoms. The van der Waals surface area contributed by atoms with E-state index in [0.717, 1.165) is 12.1 Å². The predicted molar refractivity (Wildman–Crippen MR) is 133 cm³/mol. The molecule has 0 aromatic heterocycles. The molecule has 1 fully saturated rings. The number of likely N-dealkylation sites (tertiary alicyclic amines) is 1. The first-order valence-corrected chi connectivity index (χ1v) is 13.9. The van der Waals surface area contributed by atoms with Crippen molar-refractivity contribution in [2.45, 2.75) is 42.2 Å². The molecule has 2 aromatic carbocycles. The normalized spacial score (nSPS) is 27.1. The molecule has 4 atom stereocenters. The summed E-state index contributed by atoms with van der Waals surface area (Å²) in [5.74, 6) is -3.60. The Morgan fingerprint density at radius 3 is 2.54 bits per heavy atom. The molecule has 0 spiro atoms. The van der Waals surface area contributed by atoms with Crippen molar-refractivity contribution in [3.63, 3.8) is 0 Å². The Kier molecular flexibility index (Phi) is 6.64. The van der Waals surface area contributed by atoms with E-state index in [1.165, 1.54) is 41.3 Å². The lowest BCUT2D eigenvalue weighted by atomic mass is 9.80. The van der Waals surface area contributed by atoms with E-state index in [4.69, 9.17) is 16.3 Å². The number of hydrogen-bond acceptors (Lipinski definition) is 4. The summed E-state index contributed by atoms with van der Waals surface area (Å²) in [7, 11) is -4.30. The molecule has 0 saturated carbocycles. The van der Waals surface area contributed by atoms with Gasteiger partial charge in [0.2, 0.25) is 5.91 Å². The Labute approximate surface area is 218 Å². The average Bonchev–Trinajstić information content (AvgIpc) is 2.86. The molecule has 0 N–H and O–H groups in total. The van der Waals surface area contributed by atoms with Gasteiger partial charge < -0.3 is 9.64 Å². The zero-order chi connectivity index (χ0) is 26.5. The molecule has 1 amide bonds. The van der Waals surface area contributed by atoms with Crippen LogP contribution in [0.2, 0.25) is 0 Å². The molecule has 2 heterocycles. The molecule has 3 aliphatic rings. The molecular weight excluding hydrogens is 527 g/mol.